The molecule has 1 N–H and O–H groups in total. The summed E-state index contributed by atoms with van der Waals surface area (Å²) < 4.78 is 1.45. The Balaban J connectivity index is 1.56. The quantitative estimate of drug-likeness (QED) is 0.650. The topological polar surface area (TPSA) is 119 Å². The molecule has 1 amide bonds. The van der Waals surface area contributed by atoms with Crippen LogP contribution in [0.3, 0.4) is 0 Å². The molecule has 1 aromatic heterocycles. The molecule has 2 fully saturated rings. The molecule has 9 nitrogen and oxygen atoms in total. The Kier molecular flexibility index (Phi) is 4.14. The van der Waals surface area contributed by atoms with Crippen molar-refractivity contribution in [1.82, 2.24) is 14.7 Å². The van der Waals surface area contributed by atoms with Crippen molar-refractivity contribution in [3.05, 3.63) is 52.3 Å². The number of hydrogen-bond donors (Lipinski definition) is 1. The summed E-state index contributed by atoms with van der Waals surface area (Å²) in [6, 6.07) is 6.55. The molecule has 1 aliphatic heterocycles. The zero-order valence-electron chi connectivity index (χ0n) is 14.4. The van der Waals surface area contributed by atoms with Gasteiger partial charge < -0.3 is 10.0 Å². The van der Waals surface area contributed by atoms with E-state index in [1.54, 1.807) is 18.3 Å². The molecule has 0 spiro atoms. The van der Waals surface area contributed by atoms with E-state index in [1.807, 2.05) is 0 Å². The number of fused-ring (bicyclic) bond motifs is 1. The number of nitro benzene ring substituents is 1. The Morgan fingerprint density at radius 2 is 1.93 bits per heavy atom. The molecular weight excluding hydrogens is 352 g/mol. The van der Waals surface area contributed by atoms with E-state index in [0.717, 1.165) is 19.3 Å². The maximum absolute atomic E-state index is 12.9. The number of carbonyl (C=O) groups is 2. The summed E-state index contributed by atoms with van der Waals surface area (Å²) in [7, 11) is 0. The first-order valence-corrected chi connectivity index (χ1v) is 8.80. The summed E-state index contributed by atoms with van der Waals surface area (Å²) in [6.07, 6.45) is 4.38. The largest absolute Gasteiger partial charge is 0.480 e. The molecule has 140 valence electrons. The lowest BCUT2D eigenvalue weighted by molar-refractivity contribution is -0.384. The second-order valence-electron chi connectivity index (χ2n) is 7.01. The second kappa shape index (κ2) is 6.49. The van der Waals surface area contributed by atoms with Crippen LogP contribution in [0.2, 0.25) is 0 Å². The fraction of sp³-hybridized carbons (Fsp3) is 0.389. The number of rotatable bonds is 4. The third-order valence-electron chi connectivity index (χ3n) is 5.54. The highest BCUT2D eigenvalue weighted by Gasteiger charge is 2.49. The van der Waals surface area contributed by atoms with Gasteiger partial charge in [0.05, 0.1) is 10.6 Å². The van der Waals surface area contributed by atoms with Crippen LogP contribution in [0.4, 0.5) is 5.69 Å². The minimum atomic E-state index is -0.965. The van der Waals surface area contributed by atoms with Gasteiger partial charge in [0.2, 0.25) is 0 Å². The lowest BCUT2D eigenvalue weighted by Crippen LogP contribution is -2.43. The minimum absolute atomic E-state index is 0.0169. The van der Waals surface area contributed by atoms with Gasteiger partial charge >= 0.3 is 5.97 Å². The molecule has 3 unspecified atom stereocenters. The van der Waals surface area contributed by atoms with Crippen molar-refractivity contribution in [2.45, 2.75) is 25.3 Å². The number of non-ortho nitro benzene ring substituents is 1. The number of aliphatic carboxylic acids is 1. The first-order chi connectivity index (χ1) is 13.0. The van der Waals surface area contributed by atoms with Crippen LogP contribution in [-0.4, -0.2) is 49.2 Å². The van der Waals surface area contributed by atoms with E-state index in [2.05, 4.69) is 5.10 Å². The lowest BCUT2D eigenvalue weighted by Gasteiger charge is -2.23. The number of carbonyl (C=O) groups excluding carboxylic acids is 1. The number of likely N-dealkylation sites (tertiary alicyclic amines) is 1. The molecule has 4 rings (SSSR count). The smallest absolute Gasteiger partial charge is 0.326 e. The average Bonchev–Trinajstić information content (AvgIpc) is 3.36. The summed E-state index contributed by atoms with van der Waals surface area (Å²) in [6.45, 7) is 0.449. The van der Waals surface area contributed by atoms with Crippen molar-refractivity contribution < 1.29 is 19.6 Å². The van der Waals surface area contributed by atoms with Gasteiger partial charge in [-0.15, -0.1) is 0 Å². The van der Waals surface area contributed by atoms with Crippen LogP contribution >= 0.6 is 0 Å². The molecule has 0 bridgehead atoms. The minimum Gasteiger partial charge on any atom is -0.480 e. The van der Waals surface area contributed by atoms with Gasteiger partial charge in [0.25, 0.3) is 11.6 Å². The predicted octanol–water partition coefficient (Wildman–Crippen LogP) is 2.11. The monoisotopic (exact) mass is 370 g/mol. The number of hydrogen-bond acceptors (Lipinski definition) is 5. The van der Waals surface area contributed by atoms with Gasteiger partial charge in [-0.2, -0.15) is 5.10 Å². The van der Waals surface area contributed by atoms with Gasteiger partial charge in [-0.3, -0.25) is 14.9 Å². The third kappa shape index (κ3) is 2.94. The number of amides is 1. The van der Waals surface area contributed by atoms with E-state index in [0.29, 0.717) is 12.2 Å². The molecule has 27 heavy (non-hydrogen) atoms. The molecule has 1 saturated carbocycles. The van der Waals surface area contributed by atoms with Crippen molar-refractivity contribution in [3.63, 3.8) is 0 Å². The second-order valence-corrected chi connectivity index (χ2v) is 7.01. The standard InChI is InChI=1S/C18H18N4O5/c23-17(20-10-11-2-1-3-14(11)16(20)18(24)25)15-8-9-21(19-15)12-4-6-13(7-5-12)22(26)27/h4-9,11,14,16H,1-3,10H2,(H,24,25). The number of nitrogens with zero attached hydrogens (tertiary/aromatic N) is 4. The van der Waals surface area contributed by atoms with E-state index in [-0.39, 0.29) is 23.2 Å². The van der Waals surface area contributed by atoms with Gasteiger partial charge in [0, 0.05) is 24.9 Å². The highest BCUT2D eigenvalue weighted by molar-refractivity contribution is 5.95. The summed E-state index contributed by atoms with van der Waals surface area (Å²) in [4.78, 5) is 36.3. The van der Waals surface area contributed by atoms with Crippen LogP contribution in [0, 0.1) is 22.0 Å². The maximum atomic E-state index is 12.9. The predicted molar refractivity (Wildman–Crippen MR) is 93.5 cm³/mol. The van der Waals surface area contributed by atoms with Crippen LogP contribution < -0.4 is 0 Å². The normalized spacial score (nSPS) is 24.0. The SMILES string of the molecule is O=C(O)C1C2CCCC2CN1C(=O)c1ccn(-c2ccc([N+](=O)[O-])cc2)n1. The molecule has 0 radical (unpaired) electrons. The first kappa shape index (κ1) is 17.2. The molecule has 9 heteroatoms. The number of nitro groups is 1. The van der Waals surface area contributed by atoms with Gasteiger partial charge in [-0.25, -0.2) is 9.48 Å². The summed E-state index contributed by atoms with van der Waals surface area (Å²) >= 11 is 0. The van der Waals surface area contributed by atoms with Gasteiger partial charge in [-0.1, -0.05) is 6.42 Å². The summed E-state index contributed by atoms with van der Waals surface area (Å²) in [5.74, 6) is -1.10. The Hall–Kier alpha value is -3.23. The Morgan fingerprint density at radius 3 is 2.59 bits per heavy atom. The van der Waals surface area contributed by atoms with Crippen molar-refractivity contribution in [3.8, 4) is 5.69 Å². The van der Waals surface area contributed by atoms with E-state index in [4.69, 9.17) is 0 Å². The van der Waals surface area contributed by atoms with Gasteiger partial charge in [0.1, 0.15) is 6.04 Å². The van der Waals surface area contributed by atoms with Crippen molar-refractivity contribution in [2.75, 3.05) is 6.54 Å². The van der Waals surface area contributed by atoms with Crippen molar-refractivity contribution in [2.24, 2.45) is 11.8 Å². The molecule has 2 aromatic rings. The molecular formula is C18H18N4O5. The zero-order chi connectivity index (χ0) is 19.1. The average molecular weight is 370 g/mol. The number of carboxylic acid groups (broad SMARTS) is 1. The zero-order valence-corrected chi connectivity index (χ0v) is 14.4. The molecule has 3 atom stereocenters. The number of carboxylic acids is 1. The fourth-order valence-corrected chi connectivity index (χ4v) is 4.29. The maximum Gasteiger partial charge on any atom is 0.326 e. The van der Waals surface area contributed by atoms with Crippen molar-refractivity contribution >= 4 is 17.6 Å². The molecule has 2 aliphatic rings. The summed E-state index contributed by atoms with van der Waals surface area (Å²) in [5.41, 5.74) is 0.711. The van der Waals surface area contributed by atoms with E-state index >= 15 is 0 Å². The van der Waals surface area contributed by atoms with Crippen LogP contribution in [0.25, 0.3) is 5.69 Å². The highest BCUT2D eigenvalue weighted by Crippen LogP contribution is 2.42. The van der Waals surface area contributed by atoms with Crippen LogP contribution in [-0.2, 0) is 4.79 Å². The molecule has 2 heterocycles. The fourth-order valence-electron chi connectivity index (χ4n) is 4.29. The Labute approximate surface area is 154 Å². The van der Waals surface area contributed by atoms with Crippen molar-refractivity contribution in [1.29, 1.82) is 0 Å². The molecule has 1 saturated heterocycles. The number of benzene rings is 1. The van der Waals surface area contributed by atoms with Crippen LogP contribution in [0.5, 0.6) is 0 Å². The van der Waals surface area contributed by atoms with Gasteiger partial charge in [0.15, 0.2) is 5.69 Å². The number of aromatic nitrogens is 2. The molecule has 1 aromatic carbocycles. The third-order valence-corrected chi connectivity index (χ3v) is 5.54. The Morgan fingerprint density at radius 1 is 1.19 bits per heavy atom. The summed E-state index contributed by atoms with van der Waals surface area (Å²) in [5, 5.41) is 24.6. The Bertz CT molecular complexity index is 907. The molecule has 1 aliphatic carbocycles. The van der Waals surface area contributed by atoms with Crippen LogP contribution in [0.1, 0.15) is 29.8 Å². The van der Waals surface area contributed by atoms with Crippen LogP contribution in [0.15, 0.2) is 36.5 Å². The highest BCUT2D eigenvalue weighted by atomic mass is 16.6. The first-order valence-electron chi connectivity index (χ1n) is 8.80. The lowest BCUT2D eigenvalue weighted by atomic mass is 9.94. The van der Waals surface area contributed by atoms with E-state index in [9.17, 15) is 24.8 Å². The van der Waals surface area contributed by atoms with Gasteiger partial charge in [-0.05, 0) is 42.9 Å². The van der Waals surface area contributed by atoms with E-state index < -0.39 is 22.8 Å². The van der Waals surface area contributed by atoms with E-state index in [1.165, 1.54) is 27.8 Å².